The predicted octanol–water partition coefficient (Wildman–Crippen LogP) is 4.60. The zero-order valence-electron chi connectivity index (χ0n) is 11.2. The van der Waals surface area contributed by atoms with Crippen molar-refractivity contribution in [2.75, 3.05) is 14.2 Å². The number of benzene rings is 2. The molecule has 0 atom stereocenters. The molecule has 6 heteroatoms. The van der Waals surface area contributed by atoms with Gasteiger partial charge in [0.25, 0.3) is 0 Å². The molecule has 2 aromatic rings. The third-order valence-corrected chi connectivity index (χ3v) is 4.17. The number of halogens is 3. The molecule has 0 N–H and O–H groups in total. The van der Waals surface area contributed by atoms with Gasteiger partial charge in [-0.05, 0) is 62.2 Å². The Bertz CT molecular complexity index is 702. The minimum absolute atomic E-state index is 0.287. The molecule has 0 heterocycles. The van der Waals surface area contributed by atoms with Gasteiger partial charge in [-0.15, -0.1) is 0 Å². The molecule has 0 saturated heterocycles. The fourth-order valence-electron chi connectivity index (χ4n) is 1.86. The second-order valence-corrected chi connectivity index (χ2v) is 5.85. The van der Waals surface area contributed by atoms with E-state index in [1.807, 2.05) is 0 Å². The fourth-order valence-corrected chi connectivity index (χ4v) is 2.87. The Labute approximate surface area is 138 Å². The van der Waals surface area contributed by atoms with E-state index < -0.39 is 5.82 Å². The van der Waals surface area contributed by atoms with Crippen molar-refractivity contribution in [3.8, 4) is 11.5 Å². The van der Waals surface area contributed by atoms with Crippen LogP contribution in [0.25, 0.3) is 0 Å². The van der Waals surface area contributed by atoms with Gasteiger partial charge in [0.1, 0.15) is 17.3 Å². The quantitative estimate of drug-likeness (QED) is 0.682. The lowest BCUT2D eigenvalue weighted by Crippen LogP contribution is -2.06. The topological polar surface area (TPSA) is 35.5 Å². The molecular formula is C15H11Br2FO3. The molecule has 0 unspecified atom stereocenters. The standard InChI is InChI=1S/C15H11Br2FO3/c1-20-13-7-12(17)14(21-2)6-10(13)15(19)9-4-3-8(18)5-11(9)16/h3-7H,1-2H3. The smallest absolute Gasteiger partial charge is 0.198 e. The van der Waals surface area contributed by atoms with Gasteiger partial charge in [-0.25, -0.2) is 4.39 Å². The maximum absolute atomic E-state index is 13.1. The number of rotatable bonds is 4. The number of ether oxygens (including phenoxy) is 2. The first-order chi connectivity index (χ1) is 9.97. The molecule has 0 bridgehead atoms. The van der Waals surface area contributed by atoms with Crippen LogP contribution in [0.4, 0.5) is 4.39 Å². The molecule has 0 aliphatic heterocycles. The Balaban J connectivity index is 2.56. The normalized spacial score (nSPS) is 10.3. The molecule has 0 aliphatic rings. The van der Waals surface area contributed by atoms with Gasteiger partial charge in [-0.2, -0.15) is 0 Å². The number of ketones is 1. The van der Waals surface area contributed by atoms with Crippen molar-refractivity contribution >= 4 is 37.6 Å². The van der Waals surface area contributed by atoms with Crippen LogP contribution < -0.4 is 9.47 Å². The monoisotopic (exact) mass is 416 g/mol. The first-order valence-corrected chi connectivity index (χ1v) is 7.47. The van der Waals surface area contributed by atoms with Gasteiger partial charge in [0, 0.05) is 10.0 Å². The minimum Gasteiger partial charge on any atom is -0.496 e. The first kappa shape index (κ1) is 16.0. The Hall–Kier alpha value is -1.40. The number of hydrogen-bond acceptors (Lipinski definition) is 3. The molecule has 0 aromatic heterocycles. The summed E-state index contributed by atoms with van der Waals surface area (Å²) in [5, 5.41) is 0. The second-order valence-electron chi connectivity index (χ2n) is 4.14. The van der Waals surface area contributed by atoms with Gasteiger partial charge < -0.3 is 9.47 Å². The largest absolute Gasteiger partial charge is 0.496 e. The minimum atomic E-state index is -0.418. The highest BCUT2D eigenvalue weighted by Crippen LogP contribution is 2.34. The van der Waals surface area contributed by atoms with Gasteiger partial charge in [0.05, 0.1) is 24.3 Å². The fraction of sp³-hybridized carbons (Fsp3) is 0.133. The zero-order chi connectivity index (χ0) is 15.6. The summed E-state index contributed by atoms with van der Waals surface area (Å²) in [6.45, 7) is 0. The van der Waals surface area contributed by atoms with Gasteiger partial charge in [-0.1, -0.05) is 0 Å². The number of methoxy groups -OCH3 is 2. The molecule has 2 aromatic carbocycles. The van der Waals surface area contributed by atoms with Crippen molar-refractivity contribution in [2.24, 2.45) is 0 Å². The zero-order valence-corrected chi connectivity index (χ0v) is 14.4. The molecule has 0 aliphatic carbocycles. The van der Waals surface area contributed by atoms with E-state index in [1.165, 1.54) is 32.4 Å². The van der Waals surface area contributed by atoms with Crippen LogP contribution in [0.1, 0.15) is 15.9 Å². The van der Waals surface area contributed by atoms with E-state index in [1.54, 1.807) is 12.1 Å². The van der Waals surface area contributed by atoms with Crippen LogP contribution in [0.3, 0.4) is 0 Å². The SMILES string of the molecule is COc1cc(C(=O)c2ccc(F)cc2Br)c(OC)cc1Br. The van der Waals surface area contributed by atoms with Crippen LogP contribution >= 0.6 is 31.9 Å². The summed E-state index contributed by atoms with van der Waals surface area (Å²) in [5.41, 5.74) is 0.684. The van der Waals surface area contributed by atoms with Crippen LogP contribution in [0, 0.1) is 5.82 Å². The molecule has 110 valence electrons. The maximum atomic E-state index is 13.1. The highest BCUT2D eigenvalue weighted by molar-refractivity contribution is 9.10. The number of hydrogen-bond donors (Lipinski definition) is 0. The van der Waals surface area contributed by atoms with Crippen molar-refractivity contribution in [3.63, 3.8) is 0 Å². The lowest BCUT2D eigenvalue weighted by molar-refractivity contribution is 0.103. The summed E-state index contributed by atoms with van der Waals surface area (Å²) >= 11 is 6.54. The van der Waals surface area contributed by atoms with E-state index >= 15 is 0 Å². The van der Waals surface area contributed by atoms with Crippen molar-refractivity contribution in [1.29, 1.82) is 0 Å². The van der Waals surface area contributed by atoms with Crippen molar-refractivity contribution in [2.45, 2.75) is 0 Å². The Morgan fingerprint density at radius 2 is 1.62 bits per heavy atom. The van der Waals surface area contributed by atoms with Crippen LogP contribution in [0.15, 0.2) is 39.3 Å². The first-order valence-electron chi connectivity index (χ1n) is 5.89. The molecule has 0 saturated carbocycles. The van der Waals surface area contributed by atoms with Crippen LogP contribution in [-0.4, -0.2) is 20.0 Å². The summed E-state index contributed by atoms with van der Waals surface area (Å²) in [5.74, 6) is 0.213. The Kier molecular flexibility index (Phi) is 5.00. The second kappa shape index (κ2) is 6.58. The third kappa shape index (κ3) is 3.27. The van der Waals surface area contributed by atoms with Crippen molar-refractivity contribution in [1.82, 2.24) is 0 Å². The van der Waals surface area contributed by atoms with Crippen LogP contribution in [-0.2, 0) is 0 Å². The molecule has 0 spiro atoms. The van der Waals surface area contributed by atoms with E-state index in [-0.39, 0.29) is 5.78 Å². The van der Waals surface area contributed by atoms with Gasteiger partial charge in [0.15, 0.2) is 5.78 Å². The molecule has 2 rings (SSSR count). The van der Waals surface area contributed by atoms with Gasteiger partial charge in [-0.3, -0.25) is 4.79 Å². The van der Waals surface area contributed by atoms with E-state index in [0.29, 0.717) is 31.6 Å². The molecule has 0 fully saturated rings. The summed E-state index contributed by atoms with van der Waals surface area (Å²) in [7, 11) is 2.99. The van der Waals surface area contributed by atoms with E-state index in [9.17, 15) is 9.18 Å². The summed E-state index contributed by atoms with van der Waals surface area (Å²) in [6, 6.07) is 7.15. The summed E-state index contributed by atoms with van der Waals surface area (Å²) in [6.07, 6.45) is 0. The molecule has 0 radical (unpaired) electrons. The molecule has 3 nitrogen and oxygen atoms in total. The number of carbonyl (C=O) groups excluding carboxylic acids is 1. The van der Waals surface area contributed by atoms with Gasteiger partial charge in [0.2, 0.25) is 0 Å². The highest BCUT2D eigenvalue weighted by atomic mass is 79.9. The van der Waals surface area contributed by atoms with Gasteiger partial charge >= 0.3 is 0 Å². The summed E-state index contributed by atoms with van der Waals surface area (Å²) < 4.78 is 24.6. The molecular weight excluding hydrogens is 407 g/mol. The van der Waals surface area contributed by atoms with Crippen LogP contribution in [0.2, 0.25) is 0 Å². The molecule has 0 amide bonds. The van der Waals surface area contributed by atoms with Crippen molar-refractivity contribution in [3.05, 3.63) is 56.2 Å². The lowest BCUT2D eigenvalue weighted by atomic mass is 10.0. The summed E-state index contributed by atoms with van der Waals surface area (Å²) in [4.78, 5) is 12.6. The lowest BCUT2D eigenvalue weighted by Gasteiger charge is -2.12. The Morgan fingerprint density at radius 3 is 2.19 bits per heavy atom. The average molecular weight is 418 g/mol. The highest BCUT2D eigenvalue weighted by Gasteiger charge is 2.20. The molecule has 21 heavy (non-hydrogen) atoms. The van der Waals surface area contributed by atoms with Crippen LogP contribution in [0.5, 0.6) is 11.5 Å². The Morgan fingerprint density at radius 1 is 0.952 bits per heavy atom. The maximum Gasteiger partial charge on any atom is 0.198 e. The van der Waals surface area contributed by atoms with E-state index in [4.69, 9.17) is 9.47 Å². The number of carbonyl (C=O) groups is 1. The third-order valence-electron chi connectivity index (χ3n) is 2.89. The van der Waals surface area contributed by atoms with E-state index in [2.05, 4.69) is 31.9 Å². The average Bonchev–Trinajstić information content (AvgIpc) is 2.46. The van der Waals surface area contributed by atoms with E-state index in [0.717, 1.165) is 0 Å². The van der Waals surface area contributed by atoms with Crippen molar-refractivity contribution < 1.29 is 18.7 Å². The predicted molar refractivity (Wildman–Crippen MR) is 84.8 cm³/mol.